The minimum atomic E-state index is -0.571. The van der Waals surface area contributed by atoms with Crippen molar-refractivity contribution in [1.29, 1.82) is 5.26 Å². The Morgan fingerprint density at radius 2 is 2.19 bits per heavy atom. The molecule has 0 radical (unpaired) electrons. The van der Waals surface area contributed by atoms with E-state index in [1.165, 1.54) is 25.3 Å². The average Bonchev–Trinajstić information content (AvgIpc) is 2.98. The molecule has 21 heavy (non-hydrogen) atoms. The van der Waals surface area contributed by atoms with E-state index in [-0.39, 0.29) is 23.1 Å². The molecule has 1 atom stereocenters. The van der Waals surface area contributed by atoms with Crippen LogP contribution in [0.5, 0.6) is 0 Å². The number of methoxy groups -OCH3 is 1. The van der Waals surface area contributed by atoms with E-state index in [4.69, 9.17) is 9.68 Å². The maximum atomic E-state index is 13.8. The Balaban J connectivity index is 2.14. The van der Waals surface area contributed by atoms with Crippen molar-refractivity contribution in [2.45, 2.75) is 13.0 Å². The van der Waals surface area contributed by atoms with E-state index in [9.17, 15) is 9.18 Å². The number of nitriles is 1. The second-order valence-electron chi connectivity index (χ2n) is 4.37. The number of ether oxygens (including phenoxy) is 1. The monoisotopic (exact) mass is 288 g/mol. The second-order valence-corrected chi connectivity index (χ2v) is 4.37. The number of hydrogen-bond acceptors (Lipinski definition) is 5. The fourth-order valence-electron chi connectivity index (χ4n) is 1.80. The molecule has 2 aromatic rings. The van der Waals surface area contributed by atoms with E-state index in [0.29, 0.717) is 5.76 Å². The number of carbonyl (C=O) groups excluding carboxylic acids is 1. The molecule has 0 fully saturated rings. The third-order valence-corrected chi connectivity index (χ3v) is 2.91. The number of anilines is 1. The summed E-state index contributed by atoms with van der Waals surface area (Å²) in [5.74, 6) is -0.542. The zero-order valence-corrected chi connectivity index (χ0v) is 11.5. The van der Waals surface area contributed by atoms with Crippen molar-refractivity contribution in [2.24, 2.45) is 0 Å². The van der Waals surface area contributed by atoms with E-state index in [1.807, 2.05) is 6.07 Å². The summed E-state index contributed by atoms with van der Waals surface area (Å²) >= 11 is 0. The first-order valence-electron chi connectivity index (χ1n) is 6.19. The van der Waals surface area contributed by atoms with Crippen LogP contribution < -0.4 is 5.32 Å². The quantitative estimate of drug-likeness (QED) is 0.874. The fraction of sp³-hybridized carbons (Fsp3) is 0.200. The molecule has 108 valence electrons. The third kappa shape index (κ3) is 3.20. The molecule has 0 amide bonds. The van der Waals surface area contributed by atoms with Crippen molar-refractivity contribution in [3.63, 3.8) is 0 Å². The van der Waals surface area contributed by atoms with Crippen LogP contribution >= 0.6 is 0 Å². The standard InChI is InChI=1S/C15H13FN2O3/c1-9(13-5-6-14(21-13)15(19)20-2)18-12-4-3-10(8-17)7-11(12)16/h3-7,9,18H,1-2H3. The normalized spacial score (nSPS) is 11.5. The Morgan fingerprint density at radius 3 is 2.81 bits per heavy atom. The first-order chi connectivity index (χ1) is 10.0. The third-order valence-electron chi connectivity index (χ3n) is 2.91. The van der Waals surface area contributed by atoms with E-state index >= 15 is 0 Å². The Bertz CT molecular complexity index is 703. The summed E-state index contributed by atoms with van der Waals surface area (Å²) in [6.45, 7) is 1.76. The van der Waals surface area contributed by atoms with Gasteiger partial charge in [-0.1, -0.05) is 0 Å². The SMILES string of the molecule is COC(=O)c1ccc(C(C)Nc2ccc(C#N)cc2F)o1. The summed E-state index contributed by atoms with van der Waals surface area (Å²) in [5, 5.41) is 11.6. The van der Waals surface area contributed by atoms with Crippen LogP contribution in [-0.4, -0.2) is 13.1 Å². The predicted molar refractivity (Wildman–Crippen MR) is 73.2 cm³/mol. The smallest absolute Gasteiger partial charge is 0.373 e. The molecule has 6 heteroatoms. The Morgan fingerprint density at radius 1 is 1.43 bits per heavy atom. The highest BCUT2D eigenvalue weighted by molar-refractivity contribution is 5.86. The van der Waals surface area contributed by atoms with Gasteiger partial charge in [-0.25, -0.2) is 9.18 Å². The highest BCUT2D eigenvalue weighted by Gasteiger charge is 2.16. The van der Waals surface area contributed by atoms with Crippen LogP contribution in [0.4, 0.5) is 10.1 Å². The van der Waals surface area contributed by atoms with Crippen LogP contribution in [0.25, 0.3) is 0 Å². The van der Waals surface area contributed by atoms with Gasteiger partial charge in [-0.05, 0) is 37.3 Å². The van der Waals surface area contributed by atoms with Crippen LogP contribution in [0.1, 0.15) is 34.8 Å². The Labute approximate surface area is 120 Å². The topological polar surface area (TPSA) is 75.3 Å². The molecule has 2 rings (SSSR count). The number of rotatable bonds is 4. The van der Waals surface area contributed by atoms with Crippen LogP contribution in [0.15, 0.2) is 34.7 Å². The molecule has 0 aliphatic rings. The molecule has 0 aliphatic carbocycles. The summed E-state index contributed by atoms with van der Waals surface area (Å²) in [6, 6.07) is 8.76. The lowest BCUT2D eigenvalue weighted by molar-refractivity contribution is 0.0562. The Hall–Kier alpha value is -2.81. The van der Waals surface area contributed by atoms with Gasteiger partial charge >= 0.3 is 5.97 Å². The average molecular weight is 288 g/mol. The lowest BCUT2D eigenvalue weighted by Crippen LogP contribution is -2.07. The molecule has 0 aliphatic heterocycles. The number of nitrogens with zero attached hydrogens (tertiary/aromatic N) is 1. The highest BCUT2D eigenvalue weighted by atomic mass is 19.1. The number of carbonyl (C=O) groups is 1. The van der Waals surface area contributed by atoms with E-state index < -0.39 is 11.8 Å². The van der Waals surface area contributed by atoms with Gasteiger partial charge in [-0.15, -0.1) is 0 Å². The molecule has 0 bridgehead atoms. The summed E-state index contributed by atoms with van der Waals surface area (Å²) in [4.78, 5) is 11.3. The molecule has 1 unspecified atom stereocenters. The summed E-state index contributed by atoms with van der Waals surface area (Å²) in [7, 11) is 1.26. The van der Waals surface area contributed by atoms with E-state index in [2.05, 4.69) is 10.1 Å². The predicted octanol–water partition coefficient (Wildman–Crippen LogP) is 3.25. The zero-order valence-electron chi connectivity index (χ0n) is 11.5. The lowest BCUT2D eigenvalue weighted by Gasteiger charge is -2.13. The fourth-order valence-corrected chi connectivity index (χ4v) is 1.80. The van der Waals surface area contributed by atoms with Crippen LogP contribution in [0.3, 0.4) is 0 Å². The van der Waals surface area contributed by atoms with Gasteiger partial charge in [0, 0.05) is 0 Å². The van der Waals surface area contributed by atoms with Gasteiger partial charge in [0.05, 0.1) is 30.5 Å². The van der Waals surface area contributed by atoms with E-state index in [0.717, 1.165) is 6.07 Å². The molecule has 0 saturated carbocycles. The van der Waals surface area contributed by atoms with Gasteiger partial charge < -0.3 is 14.5 Å². The van der Waals surface area contributed by atoms with Crippen molar-refractivity contribution in [3.05, 3.63) is 53.2 Å². The van der Waals surface area contributed by atoms with Gasteiger partial charge in [-0.3, -0.25) is 0 Å². The molecule has 5 nitrogen and oxygen atoms in total. The molecular weight excluding hydrogens is 275 g/mol. The molecule has 1 N–H and O–H groups in total. The number of benzene rings is 1. The van der Waals surface area contributed by atoms with Crippen LogP contribution in [0, 0.1) is 17.1 Å². The van der Waals surface area contributed by atoms with Gasteiger partial charge in [0.25, 0.3) is 0 Å². The van der Waals surface area contributed by atoms with Gasteiger partial charge in [0.2, 0.25) is 5.76 Å². The van der Waals surface area contributed by atoms with Gasteiger partial charge in [-0.2, -0.15) is 5.26 Å². The molecule has 0 saturated heterocycles. The van der Waals surface area contributed by atoms with Crippen molar-refractivity contribution in [3.8, 4) is 6.07 Å². The minimum Gasteiger partial charge on any atom is -0.463 e. The van der Waals surface area contributed by atoms with Gasteiger partial charge in [0.1, 0.15) is 11.6 Å². The minimum absolute atomic E-state index is 0.0847. The van der Waals surface area contributed by atoms with Crippen molar-refractivity contribution >= 4 is 11.7 Å². The first kappa shape index (κ1) is 14.6. The van der Waals surface area contributed by atoms with Crippen LogP contribution in [-0.2, 0) is 4.74 Å². The largest absolute Gasteiger partial charge is 0.463 e. The van der Waals surface area contributed by atoms with Crippen molar-refractivity contribution in [2.75, 3.05) is 12.4 Å². The van der Waals surface area contributed by atoms with Crippen molar-refractivity contribution in [1.82, 2.24) is 0 Å². The van der Waals surface area contributed by atoms with Gasteiger partial charge in [0.15, 0.2) is 0 Å². The summed E-state index contributed by atoms with van der Waals surface area (Å²) < 4.78 is 23.7. The van der Waals surface area contributed by atoms with E-state index in [1.54, 1.807) is 13.0 Å². The molecular formula is C15H13FN2O3. The molecule has 1 heterocycles. The Kier molecular flexibility index (Phi) is 4.24. The number of halogens is 1. The number of nitrogens with one attached hydrogen (secondary N) is 1. The maximum absolute atomic E-state index is 13.8. The number of esters is 1. The highest BCUT2D eigenvalue weighted by Crippen LogP contribution is 2.24. The lowest BCUT2D eigenvalue weighted by atomic mass is 10.2. The zero-order chi connectivity index (χ0) is 15.4. The molecule has 1 aromatic heterocycles. The number of hydrogen-bond donors (Lipinski definition) is 1. The molecule has 0 spiro atoms. The summed E-state index contributed by atoms with van der Waals surface area (Å²) in [6.07, 6.45) is 0. The maximum Gasteiger partial charge on any atom is 0.373 e. The molecule has 1 aromatic carbocycles. The van der Waals surface area contributed by atoms with Crippen molar-refractivity contribution < 1.29 is 18.3 Å². The number of furan rings is 1. The second kappa shape index (κ2) is 6.09. The first-order valence-corrected chi connectivity index (χ1v) is 6.19. The van der Waals surface area contributed by atoms with Crippen LogP contribution in [0.2, 0.25) is 0 Å². The summed E-state index contributed by atoms with van der Waals surface area (Å²) in [5.41, 5.74) is 0.495.